The summed E-state index contributed by atoms with van der Waals surface area (Å²) >= 11 is 12.8. The molecule has 0 fully saturated rings. The van der Waals surface area contributed by atoms with Crippen LogP contribution >= 0.6 is 44.8 Å². The first kappa shape index (κ1) is 38.4. The number of oxime groups is 2. The third-order valence-corrected chi connectivity index (χ3v) is 10.00. The molecule has 4 N–H and O–H groups in total. The molecule has 0 saturated heterocycles. The number of halogens is 2. The molecular weight excluding hydrogens is 719 g/mol. The van der Waals surface area contributed by atoms with E-state index in [-0.39, 0.29) is 24.3 Å². The summed E-state index contributed by atoms with van der Waals surface area (Å²) in [5.41, 5.74) is 3.31. The minimum atomic E-state index is -0.489. The highest BCUT2D eigenvalue weighted by Crippen LogP contribution is 2.28. The Hall–Kier alpha value is -4.36. The molecule has 0 aliphatic heterocycles. The van der Waals surface area contributed by atoms with E-state index in [4.69, 9.17) is 32.7 Å². The molecule has 4 aromatic carbocycles. The van der Waals surface area contributed by atoms with Crippen LogP contribution in [-0.4, -0.2) is 58.2 Å². The Bertz CT molecular complexity index is 1640. The molecule has 0 heterocycles. The van der Waals surface area contributed by atoms with Crippen molar-refractivity contribution in [2.24, 2.45) is 10.3 Å². The molecule has 0 saturated carbocycles. The Morgan fingerprint density at radius 1 is 0.600 bits per heavy atom. The van der Waals surface area contributed by atoms with Crippen LogP contribution in [0, 0.1) is 0 Å². The maximum atomic E-state index is 12.6. The molecule has 50 heavy (non-hydrogen) atoms. The van der Waals surface area contributed by atoms with E-state index in [1.807, 2.05) is 60.7 Å². The van der Waals surface area contributed by atoms with Crippen LogP contribution in [0.5, 0.6) is 11.5 Å². The molecule has 0 atom stereocenters. The monoisotopic (exact) mass is 754 g/mol. The summed E-state index contributed by atoms with van der Waals surface area (Å²) in [6.45, 7) is 1.42. The average molecular weight is 756 g/mol. The number of carbonyl (C=O) groups excluding carboxylic acids is 2. The molecular formula is C36H36Cl2N4O6S2. The molecule has 0 spiro atoms. The second-order valence-corrected chi connectivity index (χ2v) is 14.2. The van der Waals surface area contributed by atoms with Gasteiger partial charge in [0.1, 0.15) is 36.1 Å². The summed E-state index contributed by atoms with van der Waals surface area (Å²) in [5, 5.41) is 31.5. The van der Waals surface area contributed by atoms with Crippen LogP contribution in [0.4, 0.5) is 0 Å². The van der Waals surface area contributed by atoms with Crippen LogP contribution in [0.25, 0.3) is 0 Å². The number of hydrogen-bond donors (Lipinski definition) is 4. The SMILES string of the molecule is O=C(NCCSSCCNC(=O)C(Cc1ccc(OCc2ccccc2)c(Cl)c1)=NO)C(Cc1ccc(OCc2ccccc2)c(Cl)c1)=NO. The lowest BCUT2D eigenvalue weighted by molar-refractivity contribution is -0.115. The van der Waals surface area contributed by atoms with Crippen molar-refractivity contribution in [1.82, 2.24) is 10.6 Å². The Balaban J connectivity index is 1.09. The van der Waals surface area contributed by atoms with Crippen molar-refractivity contribution in [2.75, 3.05) is 24.6 Å². The summed E-state index contributed by atoms with van der Waals surface area (Å²) in [4.78, 5) is 25.1. The van der Waals surface area contributed by atoms with Gasteiger partial charge in [0.15, 0.2) is 0 Å². The number of ether oxygens (including phenoxy) is 2. The van der Waals surface area contributed by atoms with Crippen LogP contribution < -0.4 is 20.1 Å². The fourth-order valence-electron chi connectivity index (χ4n) is 4.46. The molecule has 10 nitrogen and oxygen atoms in total. The standard InChI is InChI=1S/C36H36Cl2N4O6S2/c37-29-19-27(11-13-33(29)47-23-25-7-3-1-4-8-25)21-31(41-45)35(43)39-15-17-49-50-18-16-40-36(44)32(42-46)22-28-12-14-34(30(38)20-28)48-24-26-9-5-2-6-10-26/h1-14,19-20,45-46H,15-18,21-24H2,(H,39,43)(H,40,44). The molecule has 0 aliphatic carbocycles. The van der Waals surface area contributed by atoms with E-state index in [9.17, 15) is 20.0 Å². The molecule has 262 valence electrons. The number of benzene rings is 4. The van der Waals surface area contributed by atoms with Crippen molar-refractivity contribution in [1.29, 1.82) is 0 Å². The Morgan fingerprint density at radius 2 is 1.00 bits per heavy atom. The van der Waals surface area contributed by atoms with Gasteiger partial charge in [0, 0.05) is 37.4 Å². The third kappa shape index (κ3) is 12.8. The van der Waals surface area contributed by atoms with E-state index in [2.05, 4.69) is 20.9 Å². The second kappa shape index (κ2) is 21.0. The van der Waals surface area contributed by atoms with Crippen LogP contribution in [0.3, 0.4) is 0 Å². The first-order chi connectivity index (χ1) is 24.4. The minimum absolute atomic E-state index is 0.0460. The minimum Gasteiger partial charge on any atom is -0.487 e. The van der Waals surface area contributed by atoms with Gasteiger partial charge >= 0.3 is 0 Å². The maximum Gasteiger partial charge on any atom is 0.269 e. The van der Waals surface area contributed by atoms with Crippen molar-refractivity contribution < 1.29 is 29.5 Å². The van der Waals surface area contributed by atoms with Crippen LogP contribution in [0.1, 0.15) is 22.3 Å². The molecule has 4 aromatic rings. The summed E-state index contributed by atoms with van der Waals surface area (Å²) in [7, 11) is 3.02. The van der Waals surface area contributed by atoms with Gasteiger partial charge in [-0.25, -0.2) is 0 Å². The highest BCUT2D eigenvalue weighted by molar-refractivity contribution is 8.76. The van der Waals surface area contributed by atoms with Crippen LogP contribution in [-0.2, 0) is 35.6 Å². The van der Waals surface area contributed by atoms with Gasteiger partial charge in [0.2, 0.25) is 0 Å². The fourth-order valence-corrected chi connectivity index (χ4v) is 6.79. The van der Waals surface area contributed by atoms with E-state index in [0.717, 1.165) is 11.1 Å². The molecule has 4 rings (SSSR count). The van der Waals surface area contributed by atoms with Gasteiger partial charge < -0.3 is 30.5 Å². The van der Waals surface area contributed by atoms with Crippen molar-refractivity contribution in [3.05, 3.63) is 129 Å². The summed E-state index contributed by atoms with van der Waals surface area (Å²) in [6, 6.07) is 29.7. The smallest absolute Gasteiger partial charge is 0.269 e. The number of rotatable bonds is 19. The van der Waals surface area contributed by atoms with Crippen molar-refractivity contribution in [3.8, 4) is 11.5 Å². The Kier molecular flexibility index (Phi) is 16.1. The topological polar surface area (TPSA) is 142 Å². The predicted octanol–water partition coefficient (Wildman–Crippen LogP) is 7.21. The molecule has 14 heteroatoms. The quantitative estimate of drug-likeness (QED) is 0.0259. The maximum absolute atomic E-state index is 12.6. The van der Waals surface area contributed by atoms with Crippen molar-refractivity contribution in [3.63, 3.8) is 0 Å². The highest BCUT2D eigenvalue weighted by Gasteiger charge is 2.16. The molecule has 0 unspecified atom stereocenters. The first-order valence-electron chi connectivity index (χ1n) is 15.5. The number of nitrogens with zero attached hydrogens (tertiary/aromatic N) is 2. The van der Waals surface area contributed by atoms with E-state index in [1.54, 1.807) is 36.4 Å². The van der Waals surface area contributed by atoms with E-state index < -0.39 is 11.8 Å². The van der Waals surface area contributed by atoms with Gasteiger partial charge in [-0.05, 0) is 46.5 Å². The number of carbonyl (C=O) groups is 2. The predicted molar refractivity (Wildman–Crippen MR) is 201 cm³/mol. The average Bonchev–Trinajstić information content (AvgIpc) is 3.13. The largest absolute Gasteiger partial charge is 0.487 e. The Morgan fingerprint density at radius 3 is 1.36 bits per heavy atom. The summed E-state index contributed by atoms with van der Waals surface area (Å²) in [6.07, 6.45) is 0.173. The molecule has 0 radical (unpaired) electrons. The molecule has 0 aromatic heterocycles. The van der Waals surface area contributed by atoms with E-state index >= 15 is 0 Å². The number of hydrogen-bond acceptors (Lipinski definition) is 10. The zero-order chi connectivity index (χ0) is 35.6. The highest BCUT2D eigenvalue weighted by atomic mass is 35.5. The molecule has 2 amide bonds. The van der Waals surface area contributed by atoms with E-state index in [0.29, 0.717) is 70.5 Å². The van der Waals surface area contributed by atoms with Gasteiger partial charge in [-0.2, -0.15) is 0 Å². The summed E-state index contributed by atoms with van der Waals surface area (Å²) in [5.74, 6) is 1.21. The summed E-state index contributed by atoms with van der Waals surface area (Å²) < 4.78 is 11.6. The normalized spacial score (nSPS) is 11.6. The van der Waals surface area contributed by atoms with Gasteiger partial charge in [0.05, 0.1) is 10.0 Å². The van der Waals surface area contributed by atoms with Crippen LogP contribution in [0.15, 0.2) is 107 Å². The first-order valence-corrected chi connectivity index (χ1v) is 18.7. The third-order valence-electron chi connectivity index (χ3n) is 7.00. The van der Waals surface area contributed by atoms with Crippen LogP contribution in [0.2, 0.25) is 10.0 Å². The lowest BCUT2D eigenvalue weighted by atomic mass is 10.1. The van der Waals surface area contributed by atoms with Crippen molar-refractivity contribution >= 4 is 68.0 Å². The molecule has 0 aliphatic rings. The Labute approximate surface area is 308 Å². The van der Waals surface area contributed by atoms with Gasteiger partial charge in [0.25, 0.3) is 11.8 Å². The van der Waals surface area contributed by atoms with E-state index in [1.165, 1.54) is 21.6 Å². The molecule has 0 bridgehead atoms. The van der Waals surface area contributed by atoms with Gasteiger partial charge in [-0.3, -0.25) is 9.59 Å². The zero-order valence-corrected chi connectivity index (χ0v) is 30.0. The zero-order valence-electron chi connectivity index (χ0n) is 26.9. The van der Waals surface area contributed by atoms with Gasteiger partial charge in [-0.15, -0.1) is 0 Å². The second-order valence-electron chi connectivity index (χ2n) is 10.7. The van der Waals surface area contributed by atoms with Gasteiger partial charge in [-0.1, -0.05) is 128 Å². The number of nitrogens with one attached hydrogen (secondary N) is 2. The number of amides is 2. The lowest BCUT2D eigenvalue weighted by Crippen LogP contribution is -2.34. The van der Waals surface area contributed by atoms with Crippen molar-refractivity contribution in [2.45, 2.75) is 26.1 Å². The fraction of sp³-hybridized carbons (Fsp3) is 0.222. The lowest BCUT2D eigenvalue weighted by Gasteiger charge is -2.11.